The molecule has 0 bridgehead atoms. The van der Waals surface area contributed by atoms with E-state index in [1.165, 1.54) is 12.1 Å². The van der Waals surface area contributed by atoms with Crippen molar-refractivity contribution in [2.24, 2.45) is 0 Å². The van der Waals surface area contributed by atoms with Crippen LogP contribution in [-0.2, 0) is 6.18 Å². The van der Waals surface area contributed by atoms with Gasteiger partial charge in [-0.05, 0) is 54.4 Å². The third kappa shape index (κ3) is 4.81. The largest absolute Gasteiger partial charge is 0.416 e. The first-order valence-electron chi connectivity index (χ1n) is 11.4. The molecule has 0 aliphatic rings. The summed E-state index contributed by atoms with van der Waals surface area (Å²) in [4.78, 5) is 17.2. The first kappa shape index (κ1) is 24.2. The zero-order valence-electron chi connectivity index (χ0n) is 19.6. The van der Waals surface area contributed by atoms with Crippen LogP contribution in [0.2, 0.25) is 0 Å². The summed E-state index contributed by atoms with van der Waals surface area (Å²) in [6, 6.07) is 20.5. The van der Waals surface area contributed by atoms with Crippen LogP contribution in [0.4, 0.5) is 18.9 Å². The van der Waals surface area contributed by atoms with E-state index in [1.54, 1.807) is 48.1 Å². The van der Waals surface area contributed by atoms with Crippen LogP contribution in [0.1, 0.15) is 34.5 Å². The van der Waals surface area contributed by atoms with Crippen molar-refractivity contribution in [3.05, 3.63) is 108 Å². The summed E-state index contributed by atoms with van der Waals surface area (Å²) >= 11 is 0. The molecule has 0 aliphatic carbocycles. The highest BCUT2D eigenvalue weighted by molar-refractivity contribution is 6.04. The second-order valence-electron chi connectivity index (χ2n) is 8.50. The lowest BCUT2D eigenvalue weighted by Gasteiger charge is -2.12. The van der Waals surface area contributed by atoms with Crippen molar-refractivity contribution >= 4 is 17.2 Å². The van der Waals surface area contributed by atoms with Crippen LogP contribution in [0, 0.1) is 0 Å². The number of carbonyl (C=O) groups is 1. The van der Waals surface area contributed by atoms with Gasteiger partial charge in [-0.25, -0.2) is 9.50 Å². The van der Waals surface area contributed by atoms with Crippen LogP contribution < -0.4 is 5.32 Å². The van der Waals surface area contributed by atoms with Gasteiger partial charge in [-0.3, -0.25) is 4.79 Å². The maximum Gasteiger partial charge on any atom is 0.416 e. The summed E-state index contributed by atoms with van der Waals surface area (Å²) in [5, 5.41) is 17.4. The Labute approximate surface area is 210 Å². The van der Waals surface area contributed by atoms with Gasteiger partial charge in [-0.15, -0.1) is 0 Å². The molecule has 0 saturated carbocycles. The number of hydrogen-bond donors (Lipinski definition) is 2. The predicted molar refractivity (Wildman–Crippen MR) is 134 cm³/mol. The SMILES string of the molecule is CC(O)c1ccccc1-c1cnn2c(-c3cccc(NC(=O)c4cccc(C(F)(F)F)c4)c3)ccnc12. The lowest BCUT2D eigenvalue weighted by molar-refractivity contribution is -0.137. The lowest BCUT2D eigenvalue weighted by Crippen LogP contribution is -2.14. The van der Waals surface area contributed by atoms with E-state index in [9.17, 15) is 23.1 Å². The molecular weight excluding hydrogens is 481 g/mol. The van der Waals surface area contributed by atoms with Crippen molar-refractivity contribution < 1.29 is 23.1 Å². The summed E-state index contributed by atoms with van der Waals surface area (Å²) in [7, 11) is 0. The predicted octanol–water partition coefficient (Wildman–Crippen LogP) is 6.39. The molecule has 0 spiro atoms. The van der Waals surface area contributed by atoms with Crippen LogP contribution in [0.3, 0.4) is 0 Å². The van der Waals surface area contributed by atoms with Gasteiger partial charge in [-0.2, -0.15) is 18.3 Å². The molecule has 1 amide bonds. The van der Waals surface area contributed by atoms with Gasteiger partial charge in [0.1, 0.15) is 0 Å². The van der Waals surface area contributed by atoms with Crippen LogP contribution in [-0.4, -0.2) is 25.6 Å². The number of fused-ring (bicyclic) bond motifs is 1. The Hall–Kier alpha value is -4.50. The van der Waals surface area contributed by atoms with Gasteiger partial charge in [0.05, 0.1) is 23.6 Å². The number of alkyl halides is 3. The standard InChI is InChI=1S/C28H21F3N4O2/c1-17(36)22-10-2-3-11-23(22)24-16-33-35-25(12-13-32-26(24)35)18-6-5-9-21(15-18)34-27(37)19-7-4-8-20(14-19)28(29,30)31/h2-17,36H,1H3,(H,34,37). The van der Waals surface area contributed by atoms with E-state index in [0.29, 0.717) is 22.6 Å². The van der Waals surface area contributed by atoms with Crippen molar-refractivity contribution in [3.8, 4) is 22.4 Å². The second-order valence-corrected chi connectivity index (χ2v) is 8.50. The average Bonchev–Trinajstić information content (AvgIpc) is 3.32. The maximum absolute atomic E-state index is 13.0. The zero-order chi connectivity index (χ0) is 26.2. The Kier molecular flexibility index (Phi) is 6.22. The fraction of sp³-hybridized carbons (Fsp3) is 0.107. The molecule has 2 aromatic heterocycles. The molecule has 2 heterocycles. The number of hydrogen-bond acceptors (Lipinski definition) is 4. The third-order valence-corrected chi connectivity index (χ3v) is 5.97. The molecule has 5 rings (SSSR count). The normalized spacial score (nSPS) is 12.5. The van der Waals surface area contributed by atoms with Gasteiger partial charge in [0.25, 0.3) is 5.91 Å². The van der Waals surface area contributed by atoms with Gasteiger partial charge < -0.3 is 10.4 Å². The number of halogens is 3. The highest BCUT2D eigenvalue weighted by Crippen LogP contribution is 2.33. The van der Waals surface area contributed by atoms with Crippen molar-refractivity contribution in [1.82, 2.24) is 14.6 Å². The first-order chi connectivity index (χ1) is 17.7. The third-order valence-electron chi connectivity index (χ3n) is 5.97. The highest BCUT2D eigenvalue weighted by atomic mass is 19.4. The van der Waals surface area contributed by atoms with Crippen molar-refractivity contribution in [2.75, 3.05) is 5.32 Å². The van der Waals surface area contributed by atoms with Gasteiger partial charge >= 0.3 is 6.18 Å². The lowest BCUT2D eigenvalue weighted by atomic mass is 9.98. The number of rotatable bonds is 5. The fourth-order valence-electron chi connectivity index (χ4n) is 4.20. The molecule has 9 heteroatoms. The van der Waals surface area contributed by atoms with E-state index >= 15 is 0 Å². The maximum atomic E-state index is 13.0. The van der Waals surface area contributed by atoms with Crippen LogP contribution in [0.25, 0.3) is 28.0 Å². The number of benzene rings is 3. The van der Waals surface area contributed by atoms with Crippen molar-refractivity contribution in [1.29, 1.82) is 0 Å². The van der Waals surface area contributed by atoms with Crippen LogP contribution in [0.5, 0.6) is 0 Å². The Bertz CT molecular complexity index is 1610. The molecule has 0 fully saturated rings. The Morgan fingerprint density at radius 3 is 2.54 bits per heavy atom. The number of amides is 1. The van der Waals surface area contributed by atoms with E-state index < -0.39 is 23.8 Å². The van der Waals surface area contributed by atoms with E-state index in [1.807, 2.05) is 30.3 Å². The van der Waals surface area contributed by atoms with E-state index in [4.69, 9.17) is 0 Å². The number of aliphatic hydroxyl groups excluding tert-OH is 1. The molecule has 2 N–H and O–H groups in total. The van der Waals surface area contributed by atoms with Gasteiger partial charge in [-0.1, -0.05) is 42.5 Å². The molecule has 3 aromatic carbocycles. The van der Waals surface area contributed by atoms with Gasteiger partial charge in [0, 0.05) is 28.6 Å². The molecule has 0 aliphatic heterocycles. The average molecular weight is 502 g/mol. The molecule has 0 radical (unpaired) electrons. The van der Waals surface area contributed by atoms with E-state index in [2.05, 4.69) is 15.4 Å². The molecule has 1 atom stereocenters. The van der Waals surface area contributed by atoms with Crippen molar-refractivity contribution in [2.45, 2.75) is 19.2 Å². The summed E-state index contributed by atoms with van der Waals surface area (Å²) in [5.74, 6) is -0.653. The van der Waals surface area contributed by atoms with Gasteiger partial charge in [0.15, 0.2) is 5.65 Å². The first-order valence-corrected chi connectivity index (χ1v) is 11.4. The Balaban J connectivity index is 1.48. The van der Waals surface area contributed by atoms with E-state index in [0.717, 1.165) is 28.8 Å². The molecule has 5 aromatic rings. The molecule has 6 nitrogen and oxygen atoms in total. The minimum Gasteiger partial charge on any atom is -0.389 e. The Morgan fingerprint density at radius 2 is 1.76 bits per heavy atom. The summed E-state index contributed by atoms with van der Waals surface area (Å²) in [6.07, 6.45) is -1.88. The van der Waals surface area contributed by atoms with Crippen LogP contribution in [0.15, 0.2) is 91.3 Å². The van der Waals surface area contributed by atoms with Crippen LogP contribution >= 0.6 is 0 Å². The molecule has 37 heavy (non-hydrogen) atoms. The number of nitrogens with zero attached hydrogens (tertiary/aromatic N) is 3. The highest BCUT2D eigenvalue weighted by Gasteiger charge is 2.31. The number of aliphatic hydroxyl groups is 1. The summed E-state index contributed by atoms with van der Waals surface area (Å²) < 4.78 is 40.8. The number of aromatic nitrogens is 3. The van der Waals surface area contributed by atoms with E-state index in [-0.39, 0.29) is 5.56 Å². The smallest absolute Gasteiger partial charge is 0.389 e. The molecule has 1 unspecified atom stereocenters. The number of carbonyl (C=O) groups excluding carboxylic acids is 1. The number of nitrogens with one attached hydrogen (secondary N) is 1. The molecule has 0 saturated heterocycles. The summed E-state index contributed by atoms with van der Waals surface area (Å²) in [6.45, 7) is 1.70. The topological polar surface area (TPSA) is 79.5 Å². The van der Waals surface area contributed by atoms with Gasteiger partial charge in [0.2, 0.25) is 0 Å². The minimum absolute atomic E-state index is 0.0972. The van der Waals surface area contributed by atoms with Crippen molar-refractivity contribution in [3.63, 3.8) is 0 Å². The molecule has 186 valence electrons. The zero-order valence-corrected chi connectivity index (χ0v) is 19.6. The minimum atomic E-state index is -4.54. The fourth-order valence-corrected chi connectivity index (χ4v) is 4.20. The Morgan fingerprint density at radius 1 is 0.973 bits per heavy atom. The summed E-state index contributed by atoms with van der Waals surface area (Å²) in [5.41, 5.74) is 3.75. The monoisotopic (exact) mass is 502 g/mol. The second kappa shape index (κ2) is 9.51. The number of anilines is 1. The molecular formula is C28H21F3N4O2. The quantitative estimate of drug-likeness (QED) is 0.292.